The molecule has 1 saturated carbocycles. The van der Waals surface area contributed by atoms with Crippen LogP contribution in [0, 0.1) is 11.7 Å². The topological polar surface area (TPSA) is 41.1 Å². The quantitative estimate of drug-likeness (QED) is 0.892. The molecule has 1 amide bonds. The number of hydrogen-bond acceptors (Lipinski definition) is 2. The average Bonchev–Trinajstić information content (AvgIpc) is 2.85. The van der Waals surface area contributed by atoms with Crippen molar-refractivity contribution in [3.8, 4) is 0 Å². The summed E-state index contributed by atoms with van der Waals surface area (Å²) < 4.78 is 13.6. The molecule has 0 saturated heterocycles. The van der Waals surface area contributed by atoms with Crippen molar-refractivity contribution in [1.82, 2.24) is 10.6 Å². The molecule has 0 aromatic heterocycles. The summed E-state index contributed by atoms with van der Waals surface area (Å²) in [6.07, 6.45) is 2.87. The Hall–Kier alpha value is -1.13. The molecule has 0 heterocycles. The highest BCUT2D eigenvalue weighted by molar-refractivity contribution is 6.30. The van der Waals surface area contributed by atoms with Crippen LogP contribution in [0.1, 0.15) is 24.8 Å². The standard InChI is InChI=1S/C14H18ClFN2O/c1-17-14(19)11-3-2-4-13(11)18-8-9-5-6-10(15)7-12(9)16/h5-7,11,13,18H,2-4,8H2,1H3,(H,17,19)/t11-,13-/m0/s1. The summed E-state index contributed by atoms with van der Waals surface area (Å²) in [7, 11) is 1.65. The smallest absolute Gasteiger partial charge is 0.224 e. The maximum Gasteiger partial charge on any atom is 0.224 e. The Morgan fingerprint density at radius 1 is 1.47 bits per heavy atom. The van der Waals surface area contributed by atoms with Crippen molar-refractivity contribution in [2.45, 2.75) is 31.8 Å². The Morgan fingerprint density at radius 3 is 2.95 bits per heavy atom. The van der Waals surface area contributed by atoms with Crippen molar-refractivity contribution < 1.29 is 9.18 Å². The van der Waals surface area contributed by atoms with Crippen molar-refractivity contribution in [1.29, 1.82) is 0 Å². The van der Waals surface area contributed by atoms with E-state index < -0.39 is 0 Å². The highest BCUT2D eigenvalue weighted by Gasteiger charge is 2.31. The lowest BCUT2D eigenvalue weighted by Gasteiger charge is -2.20. The third-order valence-corrected chi connectivity index (χ3v) is 3.90. The molecule has 5 heteroatoms. The molecule has 1 aromatic carbocycles. The zero-order valence-electron chi connectivity index (χ0n) is 10.9. The SMILES string of the molecule is CNC(=O)[C@H]1CCC[C@@H]1NCc1ccc(Cl)cc1F. The molecule has 0 aliphatic heterocycles. The number of rotatable bonds is 4. The number of hydrogen-bond donors (Lipinski definition) is 2. The third kappa shape index (κ3) is 3.45. The van der Waals surface area contributed by atoms with Crippen molar-refractivity contribution in [3.05, 3.63) is 34.6 Å². The maximum atomic E-state index is 13.6. The normalized spacial score (nSPS) is 22.5. The molecule has 0 radical (unpaired) electrons. The van der Waals surface area contributed by atoms with Gasteiger partial charge in [0.1, 0.15) is 5.82 Å². The van der Waals surface area contributed by atoms with Crippen LogP contribution in [0.2, 0.25) is 5.02 Å². The monoisotopic (exact) mass is 284 g/mol. The van der Waals surface area contributed by atoms with E-state index in [4.69, 9.17) is 11.6 Å². The maximum absolute atomic E-state index is 13.6. The highest BCUT2D eigenvalue weighted by Crippen LogP contribution is 2.26. The van der Waals surface area contributed by atoms with E-state index in [-0.39, 0.29) is 23.7 Å². The van der Waals surface area contributed by atoms with E-state index in [9.17, 15) is 9.18 Å². The lowest BCUT2D eigenvalue weighted by atomic mass is 10.0. The number of benzene rings is 1. The van der Waals surface area contributed by atoms with Gasteiger partial charge in [-0.1, -0.05) is 24.1 Å². The molecule has 0 spiro atoms. The molecule has 1 aliphatic rings. The Balaban J connectivity index is 1.96. The second-order valence-corrected chi connectivity index (χ2v) is 5.31. The van der Waals surface area contributed by atoms with E-state index >= 15 is 0 Å². The lowest BCUT2D eigenvalue weighted by molar-refractivity contribution is -0.124. The molecular formula is C14H18ClFN2O. The van der Waals surface area contributed by atoms with Crippen LogP contribution in [0.15, 0.2) is 18.2 Å². The molecule has 0 unspecified atom stereocenters. The van der Waals surface area contributed by atoms with Gasteiger partial charge >= 0.3 is 0 Å². The summed E-state index contributed by atoms with van der Waals surface area (Å²) in [6.45, 7) is 0.418. The molecule has 2 rings (SSSR count). The van der Waals surface area contributed by atoms with E-state index in [2.05, 4.69) is 10.6 Å². The predicted octanol–water partition coefficient (Wildman–Crippen LogP) is 2.48. The molecular weight excluding hydrogens is 267 g/mol. The van der Waals surface area contributed by atoms with E-state index in [1.807, 2.05) is 0 Å². The molecule has 19 heavy (non-hydrogen) atoms. The van der Waals surface area contributed by atoms with Crippen LogP contribution >= 0.6 is 11.6 Å². The Morgan fingerprint density at radius 2 is 2.26 bits per heavy atom. The van der Waals surface area contributed by atoms with Gasteiger partial charge < -0.3 is 10.6 Å². The van der Waals surface area contributed by atoms with Crippen LogP contribution in [0.25, 0.3) is 0 Å². The van der Waals surface area contributed by atoms with Gasteiger partial charge in [0.25, 0.3) is 0 Å². The lowest BCUT2D eigenvalue weighted by Crippen LogP contribution is -2.40. The summed E-state index contributed by atoms with van der Waals surface area (Å²) in [5.74, 6) is -0.263. The number of halogens is 2. The summed E-state index contributed by atoms with van der Waals surface area (Å²) in [4.78, 5) is 11.7. The Bertz CT molecular complexity index is 467. The fourth-order valence-electron chi connectivity index (χ4n) is 2.61. The van der Waals surface area contributed by atoms with Gasteiger partial charge in [-0.05, 0) is 25.0 Å². The fourth-order valence-corrected chi connectivity index (χ4v) is 2.77. The largest absolute Gasteiger partial charge is 0.359 e. The number of amides is 1. The van der Waals surface area contributed by atoms with Gasteiger partial charge in [0.2, 0.25) is 5.91 Å². The van der Waals surface area contributed by atoms with Gasteiger partial charge in [0, 0.05) is 30.2 Å². The van der Waals surface area contributed by atoms with E-state index in [1.54, 1.807) is 19.2 Å². The summed E-state index contributed by atoms with van der Waals surface area (Å²) in [5.41, 5.74) is 0.576. The highest BCUT2D eigenvalue weighted by atomic mass is 35.5. The molecule has 1 aromatic rings. The molecule has 0 bridgehead atoms. The molecule has 104 valence electrons. The first-order valence-corrected chi connectivity index (χ1v) is 6.88. The number of nitrogens with one attached hydrogen (secondary N) is 2. The van der Waals surface area contributed by atoms with Crippen LogP contribution in [0.4, 0.5) is 4.39 Å². The van der Waals surface area contributed by atoms with Crippen LogP contribution < -0.4 is 10.6 Å². The first-order chi connectivity index (χ1) is 9.11. The number of carbonyl (C=O) groups is 1. The van der Waals surface area contributed by atoms with Gasteiger partial charge in [0.15, 0.2) is 0 Å². The fraction of sp³-hybridized carbons (Fsp3) is 0.500. The van der Waals surface area contributed by atoms with E-state index in [1.165, 1.54) is 6.07 Å². The predicted molar refractivity (Wildman–Crippen MR) is 73.4 cm³/mol. The number of carbonyl (C=O) groups excluding carboxylic acids is 1. The summed E-state index contributed by atoms with van der Waals surface area (Å²) >= 11 is 5.71. The van der Waals surface area contributed by atoms with Gasteiger partial charge in [-0.2, -0.15) is 0 Å². The zero-order chi connectivity index (χ0) is 13.8. The Kier molecular flexibility index (Phi) is 4.77. The van der Waals surface area contributed by atoms with Gasteiger partial charge in [-0.3, -0.25) is 4.79 Å². The van der Waals surface area contributed by atoms with Crippen LogP contribution in [0.5, 0.6) is 0 Å². The first kappa shape index (κ1) is 14.3. The van der Waals surface area contributed by atoms with Crippen molar-refractivity contribution >= 4 is 17.5 Å². The average molecular weight is 285 g/mol. The van der Waals surface area contributed by atoms with Gasteiger partial charge in [0.05, 0.1) is 5.92 Å². The van der Waals surface area contributed by atoms with E-state index in [0.717, 1.165) is 19.3 Å². The summed E-state index contributed by atoms with van der Waals surface area (Å²) in [5, 5.41) is 6.36. The molecule has 1 aliphatic carbocycles. The molecule has 2 atom stereocenters. The zero-order valence-corrected chi connectivity index (χ0v) is 11.6. The summed E-state index contributed by atoms with van der Waals surface area (Å²) in [6, 6.07) is 4.78. The third-order valence-electron chi connectivity index (χ3n) is 3.67. The van der Waals surface area contributed by atoms with Crippen molar-refractivity contribution in [3.63, 3.8) is 0 Å². The molecule has 1 fully saturated rings. The van der Waals surface area contributed by atoms with Crippen molar-refractivity contribution in [2.24, 2.45) is 5.92 Å². The second-order valence-electron chi connectivity index (χ2n) is 4.87. The van der Waals surface area contributed by atoms with Crippen LogP contribution in [-0.4, -0.2) is 19.0 Å². The minimum atomic E-state index is -0.311. The van der Waals surface area contributed by atoms with E-state index in [0.29, 0.717) is 17.1 Å². The van der Waals surface area contributed by atoms with Gasteiger partial charge in [-0.25, -0.2) is 4.39 Å². The van der Waals surface area contributed by atoms with Gasteiger partial charge in [-0.15, -0.1) is 0 Å². The molecule has 2 N–H and O–H groups in total. The first-order valence-electron chi connectivity index (χ1n) is 6.50. The molecule has 3 nitrogen and oxygen atoms in total. The van der Waals surface area contributed by atoms with Crippen LogP contribution in [0.3, 0.4) is 0 Å². The van der Waals surface area contributed by atoms with Crippen molar-refractivity contribution in [2.75, 3.05) is 7.05 Å². The minimum Gasteiger partial charge on any atom is -0.359 e. The second kappa shape index (κ2) is 6.35. The Labute approximate surface area is 117 Å². The minimum absolute atomic E-state index is 0.0136. The van der Waals surface area contributed by atoms with Crippen LogP contribution in [-0.2, 0) is 11.3 Å².